The third-order valence-corrected chi connectivity index (χ3v) is 4.18. The van der Waals surface area contributed by atoms with E-state index in [2.05, 4.69) is 5.32 Å². The van der Waals surface area contributed by atoms with Gasteiger partial charge in [-0.3, -0.25) is 4.79 Å². The molecule has 0 spiro atoms. The average Bonchev–Trinajstić information content (AvgIpc) is 2.50. The number of thioether (sulfide) groups is 1. The minimum atomic E-state index is -0.527. The highest BCUT2D eigenvalue weighted by Gasteiger charge is 2.08. The van der Waals surface area contributed by atoms with Gasteiger partial charge in [-0.15, -0.1) is 11.8 Å². The van der Waals surface area contributed by atoms with Gasteiger partial charge in [-0.1, -0.05) is 23.7 Å². The molecule has 0 atom stereocenters. The number of amides is 1. The van der Waals surface area contributed by atoms with Crippen molar-refractivity contribution >= 4 is 29.3 Å². The quantitative estimate of drug-likeness (QED) is 0.802. The molecule has 0 saturated heterocycles. The molecule has 0 aliphatic heterocycles. The van der Waals surface area contributed by atoms with Crippen LogP contribution >= 0.6 is 23.4 Å². The Bertz CT molecular complexity index is 649. The van der Waals surface area contributed by atoms with Crippen LogP contribution in [0.2, 0.25) is 5.02 Å². The molecular weight excluding hydrogens is 328 g/mol. The molecule has 2 aromatic rings. The largest absolute Gasteiger partial charge is 0.355 e. The zero-order valence-electron chi connectivity index (χ0n) is 11.6. The summed E-state index contributed by atoms with van der Waals surface area (Å²) in [5.41, 5.74) is 1.06. The minimum absolute atomic E-state index is 0.0426. The molecule has 116 valence electrons. The first-order valence-electron chi connectivity index (χ1n) is 6.63. The van der Waals surface area contributed by atoms with E-state index in [-0.39, 0.29) is 16.6 Å². The van der Waals surface area contributed by atoms with Crippen LogP contribution in [-0.2, 0) is 11.2 Å². The normalized spacial score (nSPS) is 10.5. The molecular formula is C16H14ClF2NOS. The molecule has 1 N–H and O–H groups in total. The first-order chi connectivity index (χ1) is 10.5. The monoisotopic (exact) mass is 341 g/mol. The summed E-state index contributed by atoms with van der Waals surface area (Å²) in [6.45, 7) is 0.479. The third kappa shape index (κ3) is 5.31. The summed E-state index contributed by atoms with van der Waals surface area (Å²) in [6.07, 6.45) is 0.682. The average molecular weight is 342 g/mol. The highest BCUT2D eigenvalue weighted by molar-refractivity contribution is 8.00. The number of carbonyl (C=O) groups is 1. The zero-order valence-corrected chi connectivity index (χ0v) is 13.2. The lowest BCUT2D eigenvalue weighted by Crippen LogP contribution is -2.27. The molecule has 0 fully saturated rings. The van der Waals surface area contributed by atoms with Gasteiger partial charge in [0.05, 0.1) is 5.75 Å². The number of hydrogen-bond acceptors (Lipinski definition) is 2. The lowest BCUT2D eigenvalue weighted by atomic mass is 10.1. The van der Waals surface area contributed by atoms with Gasteiger partial charge < -0.3 is 5.32 Å². The molecule has 0 unspecified atom stereocenters. The van der Waals surface area contributed by atoms with Gasteiger partial charge in [-0.25, -0.2) is 8.78 Å². The second-order valence-corrected chi connectivity index (χ2v) is 6.04. The summed E-state index contributed by atoms with van der Waals surface area (Å²) in [6, 6.07) is 10.6. The summed E-state index contributed by atoms with van der Waals surface area (Å²) < 4.78 is 26.4. The Labute approximate surface area is 136 Å². The van der Waals surface area contributed by atoms with Gasteiger partial charge in [0.2, 0.25) is 5.91 Å². The van der Waals surface area contributed by atoms with E-state index < -0.39 is 11.6 Å². The molecule has 22 heavy (non-hydrogen) atoms. The lowest BCUT2D eigenvalue weighted by molar-refractivity contribution is -0.118. The fourth-order valence-corrected chi connectivity index (χ4v) is 2.70. The Hall–Kier alpha value is -1.59. The smallest absolute Gasteiger partial charge is 0.230 e. The van der Waals surface area contributed by atoms with Crippen molar-refractivity contribution in [3.05, 3.63) is 64.7 Å². The Kier molecular flexibility index (Phi) is 6.21. The van der Waals surface area contributed by atoms with Crippen LogP contribution in [0.5, 0.6) is 0 Å². The lowest BCUT2D eigenvalue weighted by Gasteiger charge is -2.06. The highest BCUT2D eigenvalue weighted by atomic mass is 35.5. The topological polar surface area (TPSA) is 29.1 Å². The van der Waals surface area contributed by atoms with E-state index in [9.17, 15) is 13.6 Å². The van der Waals surface area contributed by atoms with E-state index in [1.165, 1.54) is 0 Å². The standard InChI is InChI=1S/C16H14ClF2NOS/c17-12-3-1-11(2-4-12)7-8-20-16(21)10-22-15-9-13(18)5-6-14(15)19/h1-6,9H,7-8,10H2,(H,20,21). The Morgan fingerprint density at radius 2 is 1.86 bits per heavy atom. The van der Waals surface area contributed by atoms with Crippen LogP contribution in [-0.4, -0.2) is 18.2 Å². The Morgan fingerprint density at radius 1 is 1.14 bits per heavy atom. The summed E-state index contributed by atoms with van der Waals surface area (Å²) >= 11 is 6.76. The van der Waals surface area contributed by atoms with Crippen molar-refractivity contribution in [1.82, 2.24) is 5.32 Å². The molecule has 0 aliphatic rings. The number of rotatable bonds is 6. The number of nitrogens with one attached hydrogen (secondary N) is 1. The van der Waals surface area contributed by atoms with E-state index in [1.807, 2.05) is 12.1 Å². The maximum atomic E-state index is 13.4. The fraction of sp³-hybridized carbons (Fsp3) is 0.188. The van der Waals surface area contributed by atoms with Crippen molar-refractivity contribution in [2.45, 2.75) is 11.3 Å². The van der Waals surface area contributed by atoms with E-state index in [4.69, 9.17) is 11.6 Å². The summed E-state index contributed by atoms with van der Waals surface area (Å²) in [7, 11) is 0. The van der Waals surface area contributed by atoms with E-state index in [0.29, 0.717) is 18.0 Å². The number of carbonyl (C=O) groups excluding carboxylic acids is 1. The van der Waals surface area contributed by atoms with Gasteiger partial charge in [0.15, 0.2) is 0 Å². The van der Waals surface area contributed by atoms with Crippen LogP contribution in [0.1, 0.15) is 5.56 Å². The predicted octanol–water partition coefficient (Wildman–Crippen LogP) is 4.07. The molecule has 2 aromatic carbocycles. The number of halogens is 3. The second-order valence-electron chi connectivity index (χ2n) is 4.59. The van der Waals surface area contributed by atoms with Crippen molar-refractivity contribution in [3.8, 4) is 0 Å². The van der Waals surface area contributed by atoms with Gasteiger partial charge in [0.25, 0.3) is 0 Å². The number of hydrogen-bond donors (Lipinski definition) is 1. The number of benzene rings is 2. The van der Waals surface area contributed by atoms with E-state index >= 15 is 0 Å². The van der Waals surface area contributed by atoms with Gasteiger partial charge in [0.1, 0.15) is 11.6 Å². The van der Waals surface area contributed by atoms with Crippen LogP contribution in [0.4, 0.5) is 8.78 Å². The molecule has 2 nitrogen and oxygen atoms in total. The molecule has 0 radical (unpaired) electrons. The van der Waals surface area contributed by atoms with Gasteiger partial charge in [0, 0.05) is 16.5 Å². The first kappa shape index (κ1) is 16.8. The third-order valence-electron chi connectivity index (χ3n) is 2.90. The fourth-order valence-electron chi connectivity index (χ4n) is 1.78. The van der Waals surface area contributed by atoms with Crippen LogP contribution in [0.15, 0.2) is 47.4 Å². The molecule has 0 aliphatic carbocycles. The zero-order chi connectivity index (χ0) is 15.9. The summed E-state index contributed by atoms with van der Waals surface area (Å²) in [4.78, 5) is 11.8. The molecule has 0 heterocycles. The molecule has 1 amide bonds. The van der Waals surface area contributed by atoms with Crippen molar-refractivity contribution in [2.24, 2.45) is 0 Å². The SMILES string of the molecule is O=C(CSc1cc(F)ccc1F)NCCc1ccc(Cl)cc1. The summed E-state index contributed by atoms with van der Waals surface area (Å²) in [5, 5.41) is 3.41. The van der Waals surface area contributed by atoms with Crippen molar-refractivity contribution in [2.75, 3.05) is 12.3 Å². The Morgan fingerprint density at radius 3 is 2.59 bits per heavy atom. The first-order valence-corrected chi connectivity index (χ1v) is 8.00. The van der Waals surface area contributed by atoms with Crippen molar-refractivity contribution < 1.29 is 13.6 Å². The molecule has 6 heteroatoms. The van der Waals surface area contributed by atoms with E-state index in [1.54, 1.807) is 12.1 Å². The van der Waals surface area contributed by atoms with Crippen LogP contribution in [0, 0.1) is 11.6 Å². The molecule has 0 aromatic heterocycles. The maximum absolute atomic E-state index is 13.4. The molecule has 0 bridgehead atoms. The molecule has 2 rings (SSSR count). The van der Waals surface area contributed by atoms with Gasteiger partial charge >= 0.3 is 0 Å². The van der Waals surface area contributed by atoms with Crippen LogP contribution < -0.4 is 5.32 Å². The summed E-state index contributed by atoms with van der Waals surface area (Å²) in [5.74, 6) is -1.23. The van der Waals surface area contributed by atoms with Crippen LogP contribution in [0.25, 0.3) is 0 Å². The minimum Gasteiger partial charge on any atom is -0.355 e. The second kappa shape index (κ2) is 8.15. The van der Waals surface area contributed by atoms with E-state index in [0.717, 1.165) is 35.5 Å². The van der Waals surface area contributed by atoms with Gasteiger partial charge in [-0.05, 0) is 42.3 Å². The van der Waals surface area contributed by atoms with Crippen molar-refractivity contribution in [1.29, 1.82) is 0 Å². The predicted molar refractivity (Wildman–Crippen MR) is 85.2 cm³/mol. The van der Waals surface area contributed by atoms with Crippen molar-refractivity contribution in [3.63, 3.8) is 0 Å². The van der Waals surface area contributed by atoms with Crippen LogP contribution in [0.3, 0.4) is 0 Å². The van der Waals surface area contributed by atoms with Gasteiger partial charge in [-0.2, -0.15) is 0 Å². The highest BCUT2D eigenvalue weighted by Crippen LogP contribution is 2.22. The molecule has 0 saturated carbocycles. The Balaban J connectivity index is 1.74. The maximum Gasteiger partial charge on any atom is 0.230 e.